The van der Waals surface area contributed by atoms with E-state index in [2.05, 4.69) is 9.88 Å². The average Bonchev–Trinajstić information content (AvgIpc) is 2.63. The first kappa shape index (κ1) is 18.5. The Labute approximate surface area is 154 Å². The highest BCUT2D eigenvalue weighted by molar-refractivity contribution is 5.76. The van der Waals surface area contributed by atoms with E-state index in [0.717, 1.165) is 29.9 Å². The number of β-amino-alcohol motifs (C(OH)–C–C–N with tert-alkyl or cyclic N) is 1. The first-order chi connectivity index (χ1) is 12.5. The minimum atomic E-state index is -1.11. The van der Waals surface area contributed by atoms with E-state index in [0.29, 0.717) is 25.9 Å². The fraction of sp³-hybridized carbons (Fsp3) is 0.429. The summed E-state index contributed by atoms with van der Waals surface area (Å²) in [6.07, 6.45) is 0.712. The lowest BCUT2D eigenvalue weighted by molar-refractivity contribution is -0.162. The Bertz CT molecular complexity index is 750. The zero-order valence-electron chi connectivity index (χ0n) is 15.1. The van der Waals surface area contributed by atoms with Crippen molar-refractivity contribution >= 4 is 5.97 Å². The Balaban J connectivity index is 1.64. The van der Waals surface area contributed by atoms with Crippen LogP contribution in [0.3, 0.4) is 0 Å². The molecule has 5 nitrogen and oxygen atoms in total. The summed E-state index contributed by atoms with van der Waals surface area (Å²) >= 11 is 0. The molecule has 0 amide bonds. The SMILES string of the molecule is Cc1cccc(CCN2CC[C@](Cc3ccccc3)(C(=O)O)[C@@H](O)C2)n1. The van der Waals surface area contributed by atoms with Crippen LogP contribution in [-0.2, 0) is 17.6 Å². The van der Waals surface area contributed by atoms with Gasteiger partial charge in [0.15, 0.2) is 0 Å². The maximum Gasteiger partial charge on any atom is 0.312 e. The number of piperidine rings is 1. The van der Waals surface area contributed by atoms with Gasteiger partial charge in [0.1, 0.15) is 5.41 Å². The molecule has 1 aliphatic heterocycles. The molecule has 0 saturated carbocycles. The molecular formula is C21H26N2O3. The Morgan fingerprint density at radius 2 is 2.00 bits per heavy atom. The standard InChI is InChI=1S/C21H26N2O3/c1-16-6-5-9-18(22-16)10-12-23-13-11-21(20(25)26,19(24)15-23)14-17-7-3-2-4-8-17/h2-9,19,24H,10-15H2,1H3,(H,25,26)/t19-,21+/m0/s1. The second-order valence-electron chi connectivity index (χ2n) is 7.21. The summed E-state index contributed by atoms with van der Waals surface area (Å²) in [5.41, 5.74) is 1.86. The van der Waals surface area contributed by atoms with Crippen molar-refractivity contribution in [3.63, 3.8) is 0 Å². The van der Waals surface area contributed by atoms with E-state index in [1.165, 1.54) is 0 Å². The quantitative estimate of drug-likeness (QED) is 0.833. The van der Waals surface area contributed by atoms with Gasteiger partial charge in [-0.15, -0.1) is 0 Å². The van der Waals surface area contributed by atoms with Crippen LogP contribution < -0.4 is 0 Å². The van der Waals surface area contributed by atoms with E-state index >= 15 is 0 Å². The van der Waals surface area contributed by atoms with Crippen LogP contribution in [0.1, 0.15) is 23.4 Å². The number of aliphatic hydroxyl groups is 1. The molecule has 2 aromatic rings. The van der Waals surface area contributed by atoms with Gasteiger partial charge in [-0.3, -0.25) is 9.78 Å². The van der Waals surface area contributed by atoms with Crippen molar-refractivity contribution in [2.24, 2.45) is 5.41 Å². The third kappa shape index (κ3) is 4.11. The number of aryl methyl sites for hydroxylation is 1. The maximum atomic E-state index is 12.0. The highest BCUT2D eigenvalue weighted by Crippen LogP contribution is 2.36. The van der Waals surface area contributed by atoms with Gasteiger partial charge in [-0.25, -0.2) is 0 Å². The molecule has 0 bridgehead atoms. The number of carboxylic acids is 1. The summed E-state index contributed by atoms with van der Waals surface area (Å²) < 4.78 is 0. The number of hydrogen-bond acceptors (Lipinski definition) is 4. The number of pyridine rings is 1. The van der Waals surface area contributed by atoms with Crippen LogP contribution in [0, 0.1) is 12.3 Å². The van der Waals surface area contributed by atoms with Crippen LogP contribution in [-0.4, -0.2) is 51.8 Å². The largest absolute Gasteiger partial charge is 0.481 e. The molecule has 138 valence electrons. The summed E-state index contributed by atoms with van der Waals surface area (Å²) in [5.74, 6) is -0.908. The first-order valence-corrected chi connectivity index (χ1v) is 9.10. The zero-order chi connectivity index (χ0) is 18.6. The van der Waals surface area contributed by atoms with Gasteiger partial charge >= 0.3 is 5.97 Å². The van der Waals surface area contributed by atoms with Gasteiger partial charge in [-0.05, 0) is 44.0 Å². The van der Waals surface area contributed by atoms with Crippen molar-refractivity contribution in [3.8, 4) is 0 Å². The Morgan fingerprint density at radius 1 is 1.23 bits per heavy atom. The van der Waals surface area contributed by atoms with Crippen LogP contribution in [0.2, 0.25) is 0 Å². The predicted octanol–water partition coefficient (Wildman–Crippen LogP) is 2.31. The van der Waals surface area contributed by atoms with Crippen LogP contribution >= 0.6 is 0 Å². The predicted molar refractivity (Wildman–Crippen MR) is 100.0 cm³/mol. The molecule has 0 radical (unpaired) electrons. The monoisotopic (exact) mass is 354 g/mol. The highest BCUT2D eigenvalue weighted by atomic mass is 16.4. The lowest BCUT2D eigenvalue weighted by Crippen LogP contribution is -2.56. The second kappa shape index (κ2) is 7.98. The van der Waals surface area contributed by atoms with Crippen molar-refractivity contribution in [2.75, 3.05) is 19.6 Å². The van der Waals surface area contributed by atoms with Gasteiger partial charge in [-0.2, -0.15) is 0 Å². The molecule has 0 unspecified atom stereocenters. The lowest BCUT2D eigenvalue weighted by Gasteiger charge is -2.43. The smallest absolute Gasteiger partial charge is 0.312 e. The van der Waals surface area contributed by atoms with Crippen molar-refractivity contribution < 1.29 is 15.0 Å². The third-order valence-electron chi connectivity index (χ3n) is 5.36. The fourth-order valence-electron chi connectivity index (χ4n) is 3.74. The average molecular weight is 354 g/mol. The minimum Gasteiger partial charge on any atom is -0.481 e. The molecule has 1 fully saturated rings. The molecule has 3 rings (SSSR count). The molecule has 5 heteroatoms. The van der Waals surface area contributed by atoms with Crippen molar-refractivity contribution in [1.82, 2.24) is 9.88 Å². The number of likely N-dealkylation sites (tertiary alicyclic amines) is 1. The summed E-state index contributed by atoms with van der Waals surface area (Å²) in [4.78, 5) is 18.7. The maximum absolute atomic E-state index is 12.0. The van der Waals surface area contributed by atoms with Crippen LogP contribution in [0.5, 0.6) is 0 Å². The number of benzene rings is 1. The van der Waals surface area contributed by atoms with Gasteiger partial charge in [0.2, 0.25) is 0 Å². The molecule has 1 aliphatic rings. The number of aliphatic hydroxyl groups excluding tert-OH is 1. The van der Waals surface area contributed by atoms with Gasteiger partial charge in [0.25, 0.3) is 0 Å². The third-order valence-corrected chi connectivity index (χ3v) is 5.36. The Kier molecular flexibility index (Phi) is 5.69. The van der Waals surface area contributed by atoms with Crippen LogP contribution in [0.4, 0.5) is 0 Å². The fourth-order valence-corrected chi connectivity index (χ4v) is 3.74. The molecule has 1 saturated heterocycles. The van der Waals surface area contributed by atoms with Gasteiger partial charge in [0.05, 0.1) is 6.10 Å². The topological polar surface area (TPSA) is 73.7 Å². The molecule has 0 spiro atoms. The van der Waals surface area contributed by atoms with Crippen molar-refractivity contribution in [3.05, 3.63) is 65.5 Å². The van der Waals surface area contributed by atoms with Gasteiger partial charge in [0, 0.05) is 30.9 Å². The molecule has 2 N–H and O–H groups in total. The van der Waals surface area contributed by atoms with Gasteiger partial charge < -0.3 is 15.1 Å². The minimum absolute atomic E-state index is 0.359. The molecule has 26 heavy (non-hydrogen) atoms. The molecule has 1 aromatic carbocycles. The van der Waals surface area contributed by atoms with Crippen LogP contribution in [0.25, 0.3) is 0 Å². The summed E-state index contributed by atoms with van der Waals surface area (Å²) in [7, 11) is 0. The van der Waals surface area contributed by atoms with Crippen molar-refractivity contribution in [2.45, 2.75) is 32.3 Å². The van der Waals surface area contributed by atoms with E-state index in [4.69, 9.17) is 0 Å². The number of carbonyl (C=O) groups is 1. The highest BCUT2D eigenvalue weighted by Gasteiger charge is 2.48. The normalized spacial score (nSPS) is 23.7. The number of carboxylic acid groups (broad SMARTS) is 1. The lowest BCUT2D eigenvalue weighted by atomic mass is 9.71. The van der Waals surface area contributed by atoms with E-state index in [9.17, 15) is 15.0 Å². The summed E-state index contributed by atoms with van der Waals surface area (Å²) in [5, 5.41) is 20.6. The van der Waals surface area contributed by atoms with Gasteiger partial charge in [-0.1, -0.05) is 36.4 Å². The van der Waals surface area contributed by atoms with E-state index in [1.54, 1.807) is 0 Å². The number of nitrogens with zero attached hydrogens (tertiary/aromatic N) is 2. The number of hydrogen-bond donors (Lipinski definition) is 2. The number of aromatic nitrogens is 1. The second-order valence-corrected chi connectivity index (χ2v) is 7.21. The van der Waals surface area contributed by atoms with E-state index in [-0.39, 0.29) is 0 Å². The Morgan fingerprint density at radius 3 is 2.65 bits per heavy atom. The van der Waals surface area contributed by atoms with Crippen molar-refractivity contribution in [1.29, 1.82) is 0 Å². The van der Waals surface area contributed by atoms with E-state index in [1.807, 2.05) is 55.5 Å². The number of rotatable bonds is 6. The molecule has 2 heterocycles. The Hall–Kier alpha value is -2.24. The number of aliphatic carboxylic acids is 1. The zero-order valence-corrected chi connectivity index (χ0v) is 15.1. The summed E-state index contributed by atoms with van der Waals surface area (Å²) in [6, 6.07) is 15.5. The van der Waals surface area contributed by atoms with Crippen LogP contribution in [0.15, 0.2) is 48.5 Å². The molecule has 0 aliphatic carbocycles. The molecular weight excluding hydrogens is 328 g/mol. The van der Waals surface area contributed by atoms with E-state index < -0.39 is 17.5 Å². The molecule has 2 atom stereocenters. The first-order valence-electron chi connectivity index (χ1n) is 9.10. The molecule has 1 aromatic heterocycles. The summed E-state index contributed by atoms with van der Waals surface area (Å²) in [6.45, 7) is 3.79.